The third-order valence-corrected chi connectivity index (χ3v) is 5.15. The molecular weight excluding hydrogens is 472 g/mol. The zero-order chi connectivity index (χ0) is 25.4. The van der Waals surface area contributed by atoms with E-state index in [4.69, 9.17) is 21.1 Å². The molecule has 2 heterocycles. The molecule has 0 saturated carbocycles. The molecule has 1 aromatic carbocycles. The summed E-state index contributed by atoms with van der Waals surface area (Å²) in [7, 11) is 0. The molecule has 2 aromatic rings. The Morgan fingerprint density at radius 3 is 2.89 bits per heavy atom. The van der Waals surface area contributed by atoms with E-state index in [1.165, 1.54) is 6.07 Å². The standard InChI is InChI=1S/C25H31ClN4O5/c1-25(2,3)35-24(33)28-15-20(31)19-12-16-7-6-8-18(11-16)34-10-5-4-9-27-22-14-17(23(32)29-19)13-21(26)30-22/h4-8,11,13-14,19-20,31H,9-10,12,15H2,1-3H3,(H,27,30)(H,28,33)(H,29,32)/b5-4+/t19-,20+/m0/s1. The maximum atomic E-state index is 13.1. The van der Waals surface area contributed by atoms with E-state index in [1.54, 1.807) is 26.8 Å². The number of rotatable bonds is 3. The van der Waals surface area contributed by atoms with Crippen LogP contribution in [0.1, 0.15) is 36.7 Å². The molecule has 10 heteroatoms. The Balaban J connectivity index is 1.84. The number of halogens is 1. The summed E-state index contributed by atoms with van der Waals surface area (Å²) in [5.74, 6) is 0.667. The molecule has 0 aliphatic carbocycles. The van der Waals surface area contributed by atoms with Crippen molar-refractivity contribution in [2.24, 2.45) is 0 Å². The molecule has 2 amide bonds. The zero-order valence-corrected chi connectivity index (χ0v) is 20.8. The molecule has 0 saturated heterocycles. The number of ether oxygens (including phenoxy) is 2. The molecule has 0 radical (unpaired) electrons. The number of fused-ring (bicyclic) bond motifs is 4. The number of aromatic nitrogens is 1. The Hall–Kier alpha value is -3.30. The number of hydrogen-bond donors (Lipinski definition) is 4. The van der Waals surface area contributed by atoms with Crippen LogP contribution in [0.25, 0.3) is 0 Å². The van der Waals surface area contributed by atoms with Gasteiger partial charge in [0.05, 0.1) is 12.1 Å². The fourth-order valence-corrected chi connectivity index (χ4v) is 3.58. The highest BCUT2D eigenvalue weighted by molar-refractivity contribution is 6.29. The van der Waals surface area contributed by atoms with E-state index in [0.29, 0.717) is 31.1 Å². The van der Waals surface area contributed by atoms with Gasteiger partial charge in [0.1, 0.15) is 28.9 Å². The van der Waals surface area contributed by atoms with Crippen molar-refractivity contribution in [1.29, 1.82) is 0 Å². The van der Waals surface area contributed by atoms with Gasteiger partial charge < -0.3 is 30.5 Å². The summed E-state index contributed by atoms with van der Waals surface area (Å²) in [6, 6.07) is 9.72. The van der Waals surface area contributed by atoms with Crippen molar-refractivity contribution in [1.82, 2.24) is 15.6 Å². The number of anilines is 1. The highest BCUT2D eigenvalue weighted by Crippen LogP contribution is 2.18. The highest BCUT2D eigenvalue weighted by Gasteiger charge is 2.25. The van der Waals surface area contributed by atoms with E-state index in [1.807, 2.05) is 36.4 Å². The lowest BCUT2D eigenvalue weighted by Gasteiger charge is -2.26. The minimum atomic E-state index is -1.10. The van der Waals surface area contributed by atoms with Gasteiger partial charge in [-0.15, -0.1) is 0 Å². The maximum Gasteiger partial charge on any atom is 0.407 e. The smallest absolute Gasteiger partial charge is 0.407 e. The van der Waals surface area contributed by atoms with Gasteiger partial charge in [0, 0.05) is 18.7 Å². The largest absolute Gasteiger partial charge is 0.490 e. The number of pyridine rings is 1. The molecule has 4 N–H and O–H groups in total. The van der Waals surface area contributed by atoms with Crippen LogP contribution in [0.15, 0.2) is 48.6 Å². The first-order valence-corrected chi connectivity index (χ1v) is 11.7. The number of carbonyl (C=O) groups excluding carboxylic acids is 2. The van der Waals surface area contributed by atoms with Gasteiger partial charge in [0.25, 0.3) is 5.91 Å². The summed E-state index contributed by atoms with van der Waals surface area (Å²) in [5.41, 5.74) is 0.459. The molecule has 1 aliphatic rings. The number of nitrogens with one attached hydrogen (secondary N) is 3. The van der Waals surface area contributed by atoms with Gasteiger partial charge in [-0.25, -0.2) is 9.78 Å². The molecule has 1 aromatic heterocycles. The predicted octanol–water partition coefficient (Wildman–Crippen LogP) is 3.32. The fraction of sp³-hybridized carbons (Fsp3) is 0.400. The summed E-state index contributed by atoms with van der Waals surface area (Å²) in [5, 5.41) is 19.6. The summed E-state index contributed by atoms with van der Waals surface area (Å²) in [4.78, 5) is 29.4. The van der Waals surface area contributed by atoms with Crippen molar-refractivity contribution >= 4 is 29.4 Å². The lowest BCUT2D eigenvalue weighted by Crippen LogP contribution is -2.50. The van der Waals surface area contributed by atoms with E-state index in [2.05, 4.69) is 20.9 Å². The first-order valence-electron chi connectivity index (χ1n) is 11.3. The van der Waals surface area contributed by atoms with Crippen LogP contribution in [0.2, 0.25) is 5.15 Å². The van der Waals surface area contributed by atoms with Gasteiger partial charge in [0.15, 0.2) is 0 Å². The SMILES string of the molecule is CC(C)(C)OC(=O)NC[C@@H](O)[C@@H]1Cc2cccc(c2)OC/C=C/CNc2cc(cc(Cl)n2)C(=O)N1. The number of nitrogens with zero attached hydrogens (tertiary/aromatic N) is 1. The Kier molecular flexibility index (Phi) is 8.95. The first kappa shape index (κ1) is 26.3. The second kappa shape index (κ2) is 11.9. The van der Waals surface area contributed by atoms with E-state index < -0.39 is 29.7 Å². The number of alkyl carbamates (subject to hydrolysis) is 1. The molecule has 4 bridgehead atoms. The minimum absolute atomic E-state index is 0.120. The van der Waals surface area contributed by atoms with E-state index in [9.17, 15) is 14.7 Å². The molecule has 188 valence electrons. The fourth-order valence-electron chi connectivity index (χ4n) is 3.37. The van der Waals surface area contributed by atoms with Crippen molar-refractivity contribution < 1.29 is 24.2 Å². The van der Waals surface area contributed by atoms with Crippen molar-refractivity contribution in [3.05, 3.63) is 64.8 Å². The van der Waals surface area contributed by atoms with Crippen LogP contribution in [0, 0.1) is 0 Å². The van der Waals surface area contributed by atoms with E-state index >= 15 is 0 Å². The summed E-state index contributed by atoms with van der Waals surface area (Å²) in [6.45, 7) is 5.97. The maximum absolute atomic E-state index is 13.1. The van der Waals surface area contributed by atoms with Gasteiger partial charge in [-0.1, -0.05) is 29.8 Å². The van der Waals surface area contributed by atoms with Gasteiger partial charge in [-0.3, -0.25) is 4.79 Å². The summed E-state index contributed by atoms with van der Waals surface area (Å²) >= 11 is 6.13. The summed E-state index contributed by atoms with van der Waals surface area (Å²) < 4.78 is 11.0. The molecule has 1 aliphatic heterocycles. The van der Waals surface area contributed by atoms with Gasteiger partial charge >= 0.3 is 6.09 Å². The molecule has 0 fully saturated rings. The Morgan fingerprint density at radius 2 is 2.11 bits per heavy atom. The van der Waals surface area contributed by atoms with Gasteiger partial charge in [-0.2, -0.15) is 0 Å². The normalized spacial score (nSPS) is 18.3. The van der Waals surface area contributed by atoms with Crippen LogP contribution in [0.4, 0.5) is 10.6 Å². The number of benzene rings is 1. The Labute approximate surface area is 209 Å². The lowest BCUT2D eigenvalue weighted by molar-refractivity contribution is 0.0470. The number of aliphatic hydroxyl groups is 1. The van der Waals surface area contributed by atoms with Crippen molar-refractivity contribution in [2.45, 2.75) is 44.9 Å². The first-order chi connectivity index (χ1) is 16.6. The van der Waals surface area contributed by atoms with Crippen molar-refractivity contribution in [3.63, 3.8) is 0 Å². The molecule has 3 rings (SSSR count). The van der Waals surface area contributed by atoms with Crippen LogP contribution >= 0.6 is 11.6 Å². The van der Waals surface area contributed by atoms with Gasteiger partial charge in [-0.05, 0) is 63.1 Å². The van der Waals surface area contributed by atoms with Crippen molar-refractivity contribution in [3.8, 4) is 5.75 Å². The van der Waals surface area contributed by atoms with E-state index in [0.717, 1.165) is 5.56 Å². The zero-order valence-electron chi connectivity index (χ0n) is 20.0. The third-order valence-electron chi connectivity index (χ3n) is 4.96. The molecule has 0 unspecified atom stereocenters. The highest BCUT2D eigenvalue weighted by atomic mass is 35.5. The van der Waals surface area contributed by atoms with Crippen LogP contribution in [-0.4, -0.2) is 59.5 Å². The summed E-state index contributed by atoms with van der Waals surface area (Å²) in [6.07, 6.45) is 2.30. The lowest BCUT2D eigenvalue weighted by atomic mass is 10.00. The number of hydrogen-bond acceptors (Lipinski definition) is 7. The van der Waals surface area contributed by atoms with Crippen LogP contribution in [-0.2, 0) is 11.2 Å². The number of carbonyl (C=O) groups is 2. The molecule has 35 heavy (non-hydrogen) atoms. The third kappa shape index (κ3) is 8.77. The average molecular weight is 503 g/mol. The quantitative estimate of drug-likeness (QED) is 0.375. The second-order valence-electron chi connectivity index (χ2n) is 9.11. The minimum Gasteiger partial charge on any atom is -0.490 e. The number of amides is 2. The van der Waals surface area contributed by atoms with Crippen LogP contribution in [0.5, 0.6) is 5.75 Å². The van der Waals surface area contributed by atoms with Gasteiger partial charge in [0.2, 0.25) is 0 Å². The molecule has 9 nitrogen and oxygen atoms in total. The number of aliphatic hydroxyl groups excluding tert-OH is 1. The monoisotopic (exact) mass is 502 g/mol. The van der Waals surface area contributed by atoms with Crippen molar-refractivity contribution in [2.75, 3.05) is 25.0 Å². The molecular formula is C25H31ClN4O5. The molecule has 0 spiro atoms. The Bertz CT molecular complexity index is 1070. The molecule has 2 atom stereocenters. The second-order valence-corrected chi connectivity index (χ2v) is 9.50. The van der Waals surface area contributed by atoms with Crippen LogP contribution < -0.4 is 20.7 Å². The van der Waals surface area contributed by atoms with Crippen LogP contribution in [0.3, 0.4) is 0 Å². The topological polar surface area (TPSA) is 122 Å². The predicted molar refractivity (Wildman–Crippen MR) is 134 cm³/mol. The van der Waals surface area contributed by atoms with E-state index in [-0.39, 0.29) is 17.3 Å². The average Bonchev–Trinajstić information content (AvgIpc) is 2.77. The Morgan fingerprint density at radius 1 is 1.31 bits per heavy atom.